The molecule has 2 aromatic carbocycles. The molecule has 0 heterocycles. The van der Waals surface area contributed by atoms with Crippen LogP contribution in [-0.2, 0) is 6.42 Å². The summed E-state index contributed by atoms with van der Waals surface area (Å²) in [6, 6.07) is 14.0. The quantitative estimate of drug-likeness (QED) is 0.620. The lowest BCUT2D eigenvalue weighted by molar-refractivity contribution is 0.379. The van der Waals surface area contributed by atoms with Crippen molar-refractivity contribution < 1.29 is 9.47 Å². The summed E-state index contributed by atoms with van der Waals surface area (Å²) in [4.78, 5) is 0. The molecule has 3 N–H and O–H groups in total. The van der Waals surface area contributed by atoms with Gasteiger partial charge in [-0.25, -0.2) is 0 Å². The Morgan fingerprint density at radius 3 is 2.38 bits per heavy atom. The highest BCUT2D eigenvalue weighted by Crippen LogP contribution is 2.40. The van der Waals surface area contributed by atoms with Crippen LogP contribution in [0.25, 0.3) is 0 Å². The summed E-state index contributed by atoms with van der Waals surface area (Å²) >= 11 is 3.52. The Labute approximate surface area is 133 Å². The average molecular weight is 351 g/mol. The molecule has 1 atom stereocenters. The number of rotatable bonds is 6. The van der Waals surface area contributed by atoms with Crippen LogP contribution >= 0.6 is 15.9 Å². The molecule has 2 aromatic rings. The van der Waals surface area contributed by atoms with Gasteiger partial charge in [0.25, 0.3) is 0 Å². The number of hydrazine groups is 1. The van der Waals surface area contributed by atoms with Crippen molar-refractivity contribution in [2.24, 2.45) is 5.84 Å². The van der Waals surface area contributed by atoms with Gasteiger partial charge in [-0.05, 0) is 40.0 Å². The molecule has 1 unspecified atom stereocenters. The maximum atomic E-state index is 5.74. The minimum absolute atomic E-state index is 0.0513. The lowest BCUT2D eigenvalue weighted by Gasteiger charge is -2.21. The lowest BCUT2D eigenvalue weighted by atomic mass is 9.98. The largest absolute Gasteiger partial charge is 0.495 e. The third kappa shape index (κ3) is 3.56. The molecular formula is C16H19BrN2O2. The van der Waals surface area contributed by atoms with Crippen molar-refractivity contribution in [3.05, 3.63) is 58.1 Å². The topological polar surface area (TPSA) is 56.5 Å². The lowest BCUT2D eigenvalue weighted by Crippen LogP contribution is -2.30. The second kappa shape index (κ2) is 7.45. The van der Waals surface area contributed by atoms with Gasteiger partial charge in [-0.1, -0.05) is 30.3 Å². The molecule has 0 aliphatic heterocycles. The van der Waals surface area contributed by atoms with Crippen LogP contribution in [0, 0.1) is 0 Å². The number of nitrogens with one attached hydrogen (secondary N) is 1. The Balaban J connectivity index is 2.36. The molecule has 0 radical (unpaired) electrons. The van der Waals surface area contributed by atoms with Gasteiger partial charge < -0.3 is 9.47 Å². The summed E-state index contributed by atoms with van der Waals surface area (Å²) in [7, 11) is 3.26. The summed E-state index contributed by atoms with van der Waals surface area (Å²) in [5, 5.41) is 0. The standard InChI is InChI=1S/C16H19BrN2O2/c1-20-14-9-8-12(16(21-2)15(14)17)13(19-18)10-11-6-4-3-5-7-11/h3-9,13,19H,10,18H2,1-2H3. The number of benzene rings is 2. The number of hydrogen-bond acceptors (Lipinski definition) is 4. The first-order valence-corrected chi connectivity index (χ1v) is 7.41. The van der Waals surface area contributed by atoms with E-state index in [-0.39, 0.29) is 6.04 Å². The molecule has 0 aliphatic rings. The van der Waals surface area contributed by atoms with Crippen molar-refractivity contribution in [1.29, 1.82) is 0 Å². The predicted molar refractivity (Wildman–Crippen MR) is 87.5 cm³/mol. The van der Waals surface area contributed by atoms with Gasteiger partial charge >= 0.3 is 0 Å². The van der Waals surface area contributed by atoms with Gasteiger partial charge in [0.15, 0.2) is 0 Å². The van der Waals surface area contributed by atoms with Gasteiger partial charge in [0, 0.05) is 5.56 Å². The Morgan fingerprint density at radius 2 is 1.81 bits per heavy atom. The summed E-state index contributed by atoms with van der Waals surface area (Å²) in [6.07, 6.45) is 0.770. The molecular weight excluding hydrogens is 332 g/mol. The molecule has 0 amide bonds. The smallest absolute Gasteiger partial charge is 0.141 e. The van der Waals surface area contributed by atoms with Crippen LogP contribution in [-0.4, -0.2) is 14.2 Å². The molecule has 0 spiro atoms. The van der Waals surface area contributed by atoms with Gasteiger partial charge in [0.1, 0.15) is 16.0 Å². The molecule has 0 aromatic heterocycles. The first-order valence-electron chi connectivity index (χ1n) is 6.61. The predicted octanol–water partition coefficient (Wildman–Crippen LogP) is 3.21. The zero-order valence-electron chi connectivity index (χ0n) is 12.1. The molecule has 4 nitrogen and oxygen atoms in total. The third-order valence-electron chi connectivity index (χ3n) is 3.38. The van der Waals surface area contributed by atoms with Crippen LogP contribution in [0.15, 0.2) is 46.9 Å². The SMILES string of the molecule is COc1ccc(C(Cc2ccccc2)NN)c(OC)c1Br. The van der Waals surface area contributed by atoms with Crippen molar-refractivity contribution in [2.75, 3.05) is 14.2 Å². The van der Waals surface area contributed by atoms with E-state index in [0.717, 1.165) is 28.0 Å². The highest BCUT2D eigenvalue weighted by molar-refractivity contribution is 9.10. The van der Waals surface area contributed by atoms with Crippen molar-refractivity contribution in [3.8, 4) is 11.5 Å². The first kappa shape index (κ1) is 15.8. The molecule has 5 heteroatoms. The van der Waals surface area contributed by atoms with Gasteiger partial charge in [-0.15, -0.1) is 0 Å². The summed E-state index contributed by atoms with van der Waals surface area (Å²) in [6.45, 7) is 0. The van der Waals surface area contributed by atoms with Gasteiger partial charge in [-0.3, -0.25) is 11.3 Å². The van der Waals surface area contributed by atoms with Crippen LogP contribution in [0.4, 0.5) is 0 Å². The van der Waals surface area contributed by atoms with E-state index in [1.54, 1.807) is 14.2 Å². The summed E-state index contributed by atoms with van der Waals surface area (Å²) in [5.41, 5.74) is 5.05. The van der Waals surface area contributed by atoms with Gasteiger partial charge in [0.05, 0.1) is 20.3 Å². The van der Waals surface area contributed by atoms with Crippen LogP contribution in [0.2, 0.25) is 0 Å². The number of ether oxygens (including phenoxy) is 2. The average Bonchev–Trinajstić information content (AvgIpc) is 2.53. The summed E-state index contributed by atoms with van der Waals surface area (Å²) in [5.74, 6) is 7.20. The van der Waals surface area contributed by atoms with Crippen LogP contribution in [0.5, 0.6) is 11.5 Å². The molecule has 0 saturated heterocycles. The highest BCUT2D eigenvalue weighted by atomic mass is 79.9. The van der Waals surface area contributed by atoms with Crippen molar-refractivity contribution in [3.63, 3.8) is 0 Å². The summed E-state index contributed by atoms with van der Waals surface area (Å²) < 4.78 is 11.6. The number of nitrogens with two attached hydrogens (primary N) is 1. The zero-order chi connectivity index (χ0) is 15.2. The van der Waals surface area contributed by atoms with E-state index in [1.165, 1.54) is 5.56 Å². The number of halogens is 1. The molecule has 0 fully saturated rings. The van der Waals surface area contributed by atoms with E-state index in [9.17, 15) is 0 Å². The van der Waals surface area contributed by atoms with E-state index in [4.69, 9.17) is 15.3 Å². The normalized spacial score (nSPS) is 12.0. The molecule has 0 aliphatic carbocycles. The minimum Gasteiger partial charge on any atom is -0.495 e. The molecule has 112 valence electrons. The maximum absolute atomic E-state index is 5.74. The van der Waals surface area contributed by atoms with Crippen molar-refractivity contribution >= 4 is 15.9 Å². The monoisotopic (exact) mass is 350 g/mol. The van der Waals surface area contributed by atoms with E-state index in [2.05, 4.69) is 33.5 Å². The highest BCUT2D eigenvalue weighted by Gasteiger charge is 2.20. The van der Waals surface area contributed by atoms with Crippen molar-refractivity contribution in [2.45, 2.75) is 12.5 Å². The van der Waals surface area contributed by atoms with Crippen LogP contribution in [0.1, 0.15) is 17.2 Å². The fourth-order valence-corrected chi connectivity index (χ4v) is 2.99. The van der Waals surface area contributed by atoms with Crippen LogP contribution in [0.3, 0.4) is 0 Å². The first-order chi connectivity index (χ1) is 10.2. The second-order valence-corrected chi connectivity index (χ2v) is 5.41. The molecule has 0 bridgehead atoms. The van der Waals surface area contributed by atoms with Gasteiger partial charge in [-0.2, -0.15) is 0 Å². The maximum Gasteiger partial charge on any atom is 0.141 e. The fraction of sp³-hybridized carbons (Fsp3) is 0.250. The van der Waals surface area contributed by atoms with E-state index in [1.807, 2.05) is 30.3 Å². The number of hydrogen-bond donors (Lipinski definition) is 2. The third-order valence-corrected chi connectivity index (χ3v) is 4.13. The van der Waals surface area contributed by atoms with E-state index < -0.39 is 0 Å². The Kier molecular flexibility index (Phi) is 5.61. The number of methoxy groups -OCH3 is 2. The van der Waals surface area contributed by atoms with Gasteiger partial charge in [0.2, 0.25) is 0 Å². The second-order valence-electron chi connectivity index (χ2n) is 4.61. The Bertz CT molecular complexity index is 590. The van der Waals surface area contributed by atoms with Crippen molar-refractivity contribution in [1.82, 2.24) is 5.43 Å². The Hall–Kier alpha value is -1.56. The molecule has 21 heavy (non-hydrogen) atoms. The van der Waals surface area contributed by atoms with Crippen LogP contribution < -0.4 is 20.7 Å². The molecule has 0 saturated carbocycles. The zero-order valence-corrected chi connectivity index (χ0v) is 13.7. The minimum atomic E-state index is -0.0513. The van der Waals surface area contributed by atoms with E-state index in [0.29, 0.717) is 0 Å². The van der Waals surface area contributed by atoms with E-state index >= 15 is 0 Å². The molecule has 2 rings (SSSR count). The Morgan fingerprint density at radius 1 is 1.10 bits per heavy atom. The fourth-order valence-electron chi connectivity index (χ4n) is 2.30.